The van der Waals surface area contributed by atoms with Crippen LogP contribution in [0.1, 0.15) is 19.8 Å². The van der Waals surface area contributed by atoms with Crippen LogP contribution in [0.15, 0.2) is 0 Å². The lowest BCUT2D eigenvalue weighted by Crippen LogP contribution is -2.48. The van der Waals surface area contributed by atoms with Gasteiger partial charge in [-0.1, -0.05) is 0 Å². The molecule has 2 aliphatic rings. The number of carbonyl (C=O) groups excluding carboxylic acids is 1. The van der Waals surface area contributed by atoms with E-state index in [-0.39, 0.29) is 5.91 Å². The largest absolute Gasteiger partial charge is 0.378 e. The smallest absolute Gasteiger partial charge is 0.236 e. The highest BCUT2D eigenvalue weighted by Gasteiger charge is 2.25. The van der Waals surface area contributed by atoms with Gasteiger partial charge in [0.25, 0.3) is 0 Å². The zero-order valence-corrected chi connectivity index (χ0v) is 12.2. The van der Waals surface area contributed by atoms with Crippen molar-refractivity contribution in [2.45, 2.75) is 25.8 Å². The van der Waals surface area contributed by atoms with Crippen LogP contribution in [-0.2, 0) is 9.53 Å². The first-order valence-corrected chi connectivity index (χ1v) is 7.46. The first-order chi connectivity index (χ1) is 9.20. The van der Waals surface area contributed by atoms with Gasteiger partial charge in [0.1, 0.15) is 0 Å². The van der Waals surface area contributed by atoms with Crippen molar-refractivity contribution in [3.8, 4) is 0 Å². The molecule has 0 aromatic rings. The van der Waals surface area contributed by atoms with E-state index in [9.17, 15) is 4.79 Å². The quantitative estimate of drug-likeness (QED) is 0.790. The van der Waals surface area contributed by atoms with Gasteiger partial charge in [-0.2, -0.15) is 0 Å². The van der Waals surface area contributed by atoms with E-state index in [4.69, 9.17) is 4.74 Å². The molecule has 110 valence electrons. The summed E-state index contributed by atoms with van der Waals surface area (Å²) < 4.78 is 5.28. The van der Waals surface area contributed by atoms with Crippen LogP contribution in [-0.4, -0.2) is 74.7 Å². The molecular weight excluding hydrogens is 242 g/mol. The van der Waals surface area contributed by atoms with Crippen LogP contribution < -0.4 is 5.32 Å². The van der Waals surface area contributed by atoms with E-state index < -0.39 is 0 Å². The molecule has 0 aliphatic carbocycles. The molecule has 2 fully saturated rings. The Kier molecular flexibility index (Phi) is 5.60. The molecule has 2 saturated heterocycles. The number of morpholine rings is 1. The second-order valence-corrected chi connectivity index (χ2v) is 5.68. The van der Waals surface area contributed by atoms with E-state index in [0.29, 0.717) is 25.8 Å². The maximum absolute atomic E-state index is 12.2. The minimum Gasteiger partial charge on any atom is -0.378 e. The Morgan fingerprint density at radius 2 is 1.89 bits per heavy atom. The van der Waals surface area contributed by atoms with Crippen molar-refractivity contribution < 1.29 is 9.53 Å². The first kappa shape index (κ1) is 14.8. The van der Waals surface area contributed by atoms with Gasteiger partial charge in [0.2, 0.25) is 5.91 Å². The Balaban J connectivity index is 1.71. The average Bonchev–Trinajstić information content (AvgIpc) is 2.48. The van der Waals surface area contributed by atoms with E-state index in [1.165, 1.54) is 12.8 Å². The number of amides is 1. The first-order valence-electron chi connectivity index (χ1n) is 7.46. The van der Waals surface area contributed by atoms with Crippen molar-refractivity contribution in [2.75, 3.05) is 53.0 Å². The van der Waals surface area contributed by atoms with Gasteiger partial charge in [0.05, 0.1) is 19.8 Å². The van der Waals surface area contributed by atoms with Crippen molar-refractivity contribution in [3.05, 3.63) is 0 Å². The maximum atomic E-state index is 12.2. The summed E-state index contributed by atoms with van der Waals surface area (Å²) in [6, 6.07) is 0.581. The molecule has 0 bridgehead atoms. The number of nitrogens with one attached hydrogen (secondary N) is 1. The molecule has 2 rings (SSSR count). The molecule has 5 nitrogen and oxygen atoms in total. The maximum Gasteiger partial charge on any atom is 0.236 e. The van der Waals surface area contributed by atoms with E-state index in [2.05, 4.69) is 17.1 Å². The van der Waals surface area contributed by atoms with Gasteiger partial charge < -0.3 is 15.0 Å². The fraction of sp³-hybridized carbons (Fsp3) is 0.929. The lowest BCUT2D eigenvalue weighted by atomic mass is 9.90. The van der Waals surface area contributed by atoms with Gasteiger partial charge in [-0.25, -0.2) is 0 Å². The molecule has 0 spiro atoms. The third-order valence-electron chi connectivity index (χ3n) is 4.52. The summed E-state index contributed by atoms with van der Waals surface area (Å²) >= 11 is 0. The normalized spacial score (nSPS) is 24.4. The van der Waals surface area contributed by atoms with Gasteiger partial charge in [0.15, 0.2) is 0 Å². The average molecular weight is 269 g/mol. The molecule has 0 aromatic heterocycles. The summed E-state index contributed by atoms with van der Waals surface area (Å²) in [5.74, 6) is 1.02. The Morgan fingerprint density at radius 1 is 1.26 bits per heavy atom. The Bertz CT molecular complexity index is 284. The van der Waals surface area contributed by atoms with Crippen LogP contribution in [0.25, 0.3) is 0 Å². The zero-order chi connectivity index (χ0) is 13.7. The minimum absolute atomic E-state index is 0.267. The number of hydrogen-bond acceptors (Lipinski definition) is 4. The third-order valence-corrected chi connectivity index (χ3v) is 4.52. The molecule has 1 N–H and O–H groups in total. The molecule has 2 aliphatic heterocycles. The molecule has 0 aromatic carbocycles. The van der Waals surface area contributed by atoms with Crippen molar-refractivity contribution in [3.63, 3.8) is 0 Å². The number of hydrogen-bond donors (Lipinski definition) is 1. The predicted octanol–water partition coefficient (Wildman–Crippen LogP) is 0.165. The van der Waals surface area contributed by atoms with Gasteiger partial charge >= 0.3 is 0 Å². The fourth-order valence-electron chi connectivity index (χ4n) is 2.95. The number of rotatable bonds is 4. The number of nitrogens with zero attached hydrogens (tertiary/aromatic N) is 2. The molecule has 19 heavy (non-hydrogen) atoms. The van der Waals surface area contributed by atoms with Gasteiger partial charge in [-0.05, 0) is 45.8 Å². The lowest BCUT2D eigenvalue weighted by Gasteiger charge is -2.36. The van der Waals surface area contributed by atoms with Crippen molar-refractivity contribution >= 4 is 5.91 Å². The second kappa shape index (κ2) is 7.22. The van der Waals surface area contributed by atoms with Crippen LogP contribution in [0.5, 0.6) is 0 Å². The zero-order valence-electron chi connectivity index (χ0n) is 12.2. The van der Waals surface area contributed by atoms with Crippen LogP contribution in [0.4, 0.5) is 0 Å². The summed E-state index contributed by atoms with van der Waals surface area (Å²) in [4.78, 5) is 16.4. The number of ether oxygens (including phenoxy) is 1. The highest BCUT2D eigenvalue weighted by atomic mass is 16.5. The molecule has 5 heteroatoms. The highest BCUT2D eigenvalue weighted by Crippen LogP contribution is 2.20. The minimum atomic E-state index is 0.267. The summed E-state index contributed by atoms with van der Waals surface area (Å²) in [6.07, 6.45) is 2.39. The number of piperidine rings is 1. The SMILES string of the molecule is CNC(C)C1CCN(CC(=O)N2CCOCC2)CC1. The Morgan fingerprint density at radius 3 is 2.47 bits per heavy atom. The van der Waals surface area contributed by atoms with Crippen molar-refractivity contribution in [2.24, 2.45) is 5.92 Å². The van der Waals surface area contributed by atoms with E-state index in [1.807, 2.05) is 11.9 Å². The van der Waals surface area contributed by atoms with Gasteiger partial charge in [0, 0.05) is 19.1 Å². The second-order valence-electron chi connectivity index (χ2n) is 5.68. The van der Waals surface area contributed by atoms with E-state index in [1.54, 1.807) is 0 Å². The van der Waals surface area contributed by atoms with E-state index >= 15 is 0 Å². The third kappa shape index (κ3) is 4.16. The van der Waals surface area contributed by atoms with E-state index in [0.717, 1.165) is 32.1 Å². The summed E-state index contributed by atoms with van der Waals surface area (Å²) in [6.45, 7) is 7.82. The molecule has 0 radical (unpaired) electrons. The van der Waals surface area contributed by atoms with Crippen LogP contribution in [0.3, 0.4) is 0 Å². The predicted molar refractivity (Wildman–Crippen MR) is 75.1 cm³/mol. The monoisotopic (exact) mass is 269 g/mol. The summed E-state index contributed by atoms with van der Waals surface area (Å²) in [5, 5.41) is 3.33. The van der Waals surface area contributed by atoms with Crippen LogP contribution in [0.2, 0.25) is 0 Å². The van der Waals surface area contributed by atoms with Crippen molar-refractivity contribution in [1.29, 1.82) is 0 Å². The number of carbonyl (C=O) groups is 1. The highest BCUT2D eigenvalue weighted by molar-refractivity contribution is 5.78. The van der Waals surface area contributed by atoms with Gasteiger partial charge in [-0.15, -0.1) is 0 Å². The van der Waals surface area contributed by atoms with Gasteiger partial charge in [-0.3, -0.25) is 9.69 Å². The molecule has 1 atom stereocenters. The molecular formula is C14H27N3O2. The van der Waals surface area contributed by atoms with Crippen molar-refractivity contribution in [1.82, 2.24) is 15.1 Å². The molecule has 1 unspecified atom stereocenters. The number of likely N-dealkylation sites (tertiary alicyclic amines) is 1. The topological polar surface area (TPSA) is 44.8 Å². The van der Waals surface area contributed by atoms with Crippen LogP contribution in [0, 0.1) is 5.92 Å². The molecule has 0 saturated carbocycles. The summed E-state index contributed by atoms with van der Waals surface area (Å²) in [5.41, 5.74) is 0. The summed E-state index contributed by atoms with van der Waals surface area (Å²) in [7, 11) is 2.03. The Hall–Kier alpha value is -0.650. The standard InChI is InChI=1S/C14H27N3O2/c1-12(15-2)13-3-5-16(6-4-13)11-14(18)17-7-9-19-10-8-17/h12-13,15H,3-11H2,1-2H3. The molecule has 2 heterocycles. The van der Waals surface area contributed by atoms with Crippen LogP contribution >= 0.6 is 0 Å². The molecule has 1 amide bonds. The fourth-order valence-corrected chi connectivity index (χ4v) is 2.95. The lowest BCUT2D eigenvalue weighted by molar-refractivity contribution is -0.136. The Labute approximate surface area is 116 Å².